The molecule has 0 aliphatic carbocycles. The first-order valence-corrected chi connectivity index (χ1v) is 16.3. The van der Waals surface area contributed by atoms with Crippen LogP contribution in [0, 0.1) is 5.92 Å². The van der Waals surface area contributed by atoms with Gasteiger partial charge >= 0.3 is 6.09 Å². The number of nitrogen functional groups attached to an aromatic ring is 1. The average Bonchev–Trinajstić information content (AvgIpc) is 3.66. The molecule has 0 bridgehead atoms. The van der Waals surface area contributed by atoms with Gasteiger partial charge in [-0.25, -0.2) is 9.78 Å². The molecule has 46 heavy (non-hydrogen) atoms. The molecule has 2 amide bonds. The number of fused-ring (bicyclic) bond motifs is 2. The van der Waals surface area contributed by atoms with Crippen molar-refractivity contribution in [3.8, 4) is 16.9 Å². The minimum absolute atomic E-state index is 0.215. The third-order valence-electron chi connectivity index (χ3n) is 8.76. The third kappa shape index (κ3) is 6.56. The van der Waals surface area contributed by atoms with Crippen LogP contribution >= 0.6 is 11.3 Å². The van der Waals surface area contributed by atoms with E-state index in [4.69, 9.17) is 15.6 Å². The number of nitrogens with zero attached hydrogens (tertiary/aromatic N) is 3. The Kier molecular flexibility index (Phi) is 9.23. The molecule has 1 saturated heterocycles. The van der Waals surface area contributed by atoms with Gasteiger partial charge in [0, 0.05) is 58.5 Å². The zero-order valence-electron chi connectivity index (χ0n) is 26.0. The molecular formula is C35H38N6O4S. The lowest BCUT2D eigenvalue weighted by atomic mass is 9.97. The number of anilines is 2. The number of ether oxygens (including phenoxy) is 1. The predicted molar refractivity (Wildman–Crippen MR) is 186 cm³/mol. The second-order valence-electron chi connectivity index (χ2n) is 11.6. The molecule has 0 radical (unpaired) electrons. The Morgan fingerprint density at radius 1 is 1.17 bits per heavy atom. The Morgan fingerprint density at radius 3 is 2.74 bits per heavy atom. The van der Waals surface area contributed by atoms with Crippen molar-refractivity contribution < 1.29 is 19.4 Å². The highest BCUT2D eigenvalue weighted by atomic mass is 32.1. The second kappa shape index (κ2) is 13.6. The first-order valence-electron chi connectivity index (χ1n) is 15.4. The Balaban J connectivity index is 1.14. The molecule has 4 heterocycles. The van der Waals surface area contributed by atoms with Gasteiger partial charge in [-0.1, -0.05) is 36.4 Å². The largest absolute Gasteiger partial charge is 0.495 e. The summed E-state index contributed by atoms with van der Waals surface area (Å²) in [6, 6.07) is 15.5. The molecule has 1 aliphatic heterocycles. The van der Waals surface area contributed by atoms with Crippen molar-refractivity contribution >= 4 is 61.9 Å². The van der Waals surface area contributed by atoms with E-state index in [0.29, 0.717) is 35.4 Å². The van der Waals surface area contributed by atoms with Gasteiger partial charge < -0.3 is 35.7 Å². The van der Waals surface area contributed by atoms with Crippen LogP contribution in [-0.2, 0) is 7.05 Å². The van der Waals surface area contributed by atoms with E-state index >= 15 is 0 Å². The number of aryl methyl sites for hydroxylation is 1. The Hall–Kier alpha value is -4.87. The number of methoxy groups -OCH3 is 1. The normalized spacial score (nSPS) is 14.3. The molecule has 6 rings (SSSR count). The molecule has 3 aromatic heterocycles. The number of nitrogens with two attached hydrogens (primary N) is 1. The van der Waals surface area contributed by atoms with E-state index in [9.17, 15) is 9.59 Å². The zero-order chi connectivity index (χ0) is 32.2. The number of nitrogens with one attached hydrogen (secondary N) is 2. The summed E-state index contributed by atoms with van der Waals surface area (Å²) < 4.78 is 8.67. The highest BCUT2D eigenvalue weighted by molar-refractivity contribution is 7.18. The van der Waals surface area contributed by atoms with Crippen LogP contribution in [0.1, 0.15) is 35.3 Å². The number of likely N-dealkylation sites (tertiary alicyclic amines) is 1. The SMILES string of the molecule is COc1cc(-c2csc3c(/C=C/CCN4CCC(CNC(=O)O)CC4)cnc(N)c23)ccc1NC(=O)c1cc2ccccc2n1C. The summed E-state index contributed by atoms with van der Waals surface area (Å²) in [7, 11) is 3.48. The number of rotatable bonds is 10. The summed E-state index contributed by atoms with van der Waals surface area (Å²) in [4.78, 5) is 31.0. The van der Waals surface area contributed by atoms with Crippen molar-refractivity contribution in [2.75, 3.05) is 44.3 Å². The first-order chi connectivity index (χ1) is 22.3. The quantitative estimate of drug-likeness (QED) is 0.134. The van der Waals surface area contributed by atoms with Crippen LogP contribution in [0.5, 0.6) is 5.75 Å². The maximum Gasteiger partial charge on any atom is 0.404 e. The highest BCUT2D eigenvalue weighted by Crippen LogP contribution is 2.41. The molecular weight excluding hydrogens is 600 g/mol. The lowest BCUT2D eigenvalue weighted by Gasteiger charge is -2.31. The molecule has 238 valence electrons. The van der Waals surface area contributed by atoms with E-state index in [0.717, 1.165) is 76.6 Å². The molecule has 0 spiro atoms. The number of carbonyl (C=O) groups excluding carboxylic acids is 1. The highest BCUT2D eigenvalue weighted by Gasteiger charge is 2.20. The Bertz CT molecular complexity index is 1920. The van der Waals surface area contributed by atoms with Crippen LogP contribution in [0.15, 0.2) is 66.2 Å². The Labute approximate surface area is 271 Å². The van der Waals surface area contributed by atoms with Gasteiger partial charge in [0.25, 0.3) is 5.91 Å². The smallest absolute Gasteiger partial charge is 0.404 e. The zero-order valence-corrected chi connectivity index (χ0v) is 26.8. The van der Waals surface area contributed by atoms with Crippen molar-refractivity contribution in [1.82, 2.24) is 19.8 Å². The number of aromatic nitrogens is 2. The van der Waals surface area contributed by atoms with E-state index in [1.165, 1.54) is 0 Å². The van der Waals surface area contributed by atoms with Crippen molar-refractivity contribution in [1.29, 1.82) is 0 Å². The molecule has 0 unspecified atom stereocenters. The number of carboxylic acid groups (broad SMARTS) is 1. The predicted octanol–water partition coefficient (Wildman–Crippen LogP) is 6.68. The van der Waals surface area contributed by atoms with Crippen LogP contribution < -0.4 is 21.1 Å². The van der Waals surface area contributed by atoms with Gasteiger partial charge in [-0.3, -0.25) is 4.79 Å². The van der Waals surface area contributed by atoms with Crippen LogP contribution in [-0.4, -0.2) is 64.8 Å². The van der Waals surface area contributed by atoms with Crippen LogP contribution in [0.2, 0.25) is 0 Å². The van der Waals surface area contributed by atoms with Gasteiger partial charge in [-0.2, -0.15) is 0 Å². The van der Waals surface area contributed by atoms with Crippen LogP contribution in [0.3, 0.4) is 0 Å². The van der Waals surface area contributed by atoms with E-state index in [1.807, 2.05) is 66.3 Å². The summed E-state index contributed by atoms with van der Waals surface area (Å²) >= 11 is 1.63. The summed E-state index contributed by atoms with van der Waals surface area (Å²) in [5.74, 6) is 1.22. The molecule has 0 saturated carbocycles. The van der Waals surface area contributed by atoms with Gasteiger partial charge in [0.2, 0.25) is 0 Å². The number of thiophene rings is 1. The molecule has 11 heteroatoms. The van der Waals surface area contributed by atoms with Crippen molar-refractivity contribution in [3.05, 3.63) is 77.4 Å². The molecule has 5 aromatic rings. The average molecular weight is 639 g/mol. The van der Waals surface area contributed by atoms with Gasteiger partial charge in [-0.05, 0) is 73.5 Å². The monoisotopic (exact) mass is 638 g/mol. The maximum absolute atomic E-state index is 13.3. The maximum atomic E-state index is 13.3. The fourth-order valence-electron chi connectivity index (χ4n) is 6.19. The van der Waals surface area contributed by atoms with E-state index < -0.39 is 6.09 Å². The lowest BCUT2D eigenvalue weighted by molar-refractivity contribution is 0.101. The van der Waals surface area contributed by atoms with Crippen LogP contribution in [0.25, 0.3) is 38.2 Å². The molecule has 5 N–H and O–H groups in total. The fraction of sp³-hybridized carbons (Fsp3) is 0.286. The van der Waals surface area contributed by atoms with Crippen molar-refractivity contribution in [2.45, 2.75) is 19.3 Å². The standard InChI is InChI=1S/C35H38N6O4S/c1-40-28-9-4-3-7-24(28)17-29(40)34(42)39-27-11-10-23(18-30(27)45-2)26-21-46-32-25(20-37-33(36)31(26)32)8-5-6-14-41-15-12-22(13-16-41)19-38-35(43)44/h3-5,7-11,17-18,20-22,38H,6,12-16,19H2,1-2H3,(H2,36,37)(H,39,42)(H,43,44)/b8-5+. The number of pyridine rings is 1. The van der Waals surface area contributed by atoms with Gasteiger partial charge in [0.15, 0.2) is 0 Å². The minimum atomic E-state index is -0.951. The number of para-hydroxylation sites is 1. The van der Waals surface area contributed by atoms with Gasteiger partial charge in [-0.15, -0.1) is 11.3 Å². The number of amides is 2. The number of hydrogen-bond acceptors (Lipinski definition) is 7. The molecule has 2 aromatic carbocycles. The Morgan fingerprint density at radius 2 is 1.98 bits per heavy atom. The first kappa shape index (κ1) is 31.1. The summed E-state index contributed by atoms with van der Waals surface area (Å²) in [5.41, 5.74) is 11.5. The molecule has 1 fully saturated rings. The number of carbonyl (C=O) groups is 2. The van der Waals surface area contributed by atoms with E-state index in [1.54, 1.807) is 18.4 Å². The third-order valence-corrected chi connectivity index (χ3v) is 9.78. The van der Waals surface area contributed by atoms with Crippen molar-refractivity contribution in [2.24, 2.45) is 13.0 Å². The number of benzene rings is 2. The lowest BCUT2D eigenvalue weighted by Crippen LogP contribution is -2.38. The topological polar surface area (TPSA) is 135 Å². The molecule has 1 aliphatic rings. The van der Waals surface area contributed by atoms with Gasteiger partial charge in [0.1, 0.15) is 17.3 Å². The van der Waals surface area contributed by atoms with E-state index in [-0.39, 0.29) is 5.91 Å². The van der Waals surface area contributed by atoms with Crippen LogP contribution in [0.4, 0.5) is 16.3 Å². The molecule has 10 nitrogen and oxygen atoms in total. The second-order valence-corrected chi connectivity index (χ2v) is 12.5. The number of piperidine rings is 1. The fourth-order valence-corrected chi connectivity index (χ4v) is 7.27. The van der Waals surface area contributed by atoms with E-state index in [2.05, 4.69) is 38.0 Å². The molecule has 0 atom stereocenters. The van der Waals surface area contributed by atoms with Gasteiger partial charge in [0.05, 0.1) is 12.8 Å². The van der Waals surface area contributed by atoms with Crippen molar-refractivity contribution in [3.63, 3.8) is 0 Å². The number of hydrogen-bond donors (Lipinski definition) is 4. The summed E-state index contributed by atoms with van der Waals surface area (Å²) in [6.45, 7) is 3.46. The minimum Gasteiger partial charge on any atom is -0.495 e. The summed E-state index contributed by atoms with van der Waals surface area (Å²) in [5, 5.41) is 18.4. The summed E-state index contributed by atoms with van der Waals surface area (Å²) in [6.07, 6.45) is 8.09.